The summed E-state index contributed by atoms with van der Waals surface area (Å²) in [5, 5.41) is 6.67. The fraction of sp³-hybridized carbons (Fsp3) is 0.0909. The van der Waals surface area contributed by atoms with Gasteiger partial charge in [-0.3, -0.25) is 9.89 Å². The average Bonchev–Trinajstić information content (AvgIpc) is 3.29. The molecular formula is C22H19BrN4OS. The summed E-state index contributed by atoms with van der Waals surface area (Å²) in [6, 6.07) is 15.9. The summed E-state index contributed by atoms with van der Waals surface area (Å²) in [5.74, 6) is 0. The van der Waals surface area contributed by atoms with Crippen LogP contribution in [0.25, 0.3) is 29.0 Å². The minimum absolute atomic E-state index is 0.164. The molecule has 1 N–H and O–H groups in total. The second-order valence-corrected chi connectivity index (χ2v) is 8.55. The first kappa shape index (κ1) is 19.4. The van der Waals surface area contributed by atoms with Gasteiger partial charge in [0.05, 0.1) is 16.3 Å². The number of aromatic amines is 1. The molecule has 2 heterocycles. The van der Waals surface area contributed by atoms with E-state index in [0.29, 0.717) is 15.7 Å². The van der Waals surface area contributed by atoms with E-state index in [0.717, 1.165) is 27.0 Å². The second-order valence-electron chi connectivity index (χ2n) is 6.80. The van der Waals surface area contributed by atoms with Crippen molar-refractivity contribution in [1.29, 1.82) is 0 Å². The van der Waals surface area contributed by atoms with Crippen LogP contribution in [0, 0.1) is 0 Å². The Labute approximate surface area is 180 Å². The molecule has 0 atom stereocenters. The van der Waals surface area contributed by atoms with E-state index in [-0.39, 0.29) is 5.56 Å². The van der Waals surface area contributed by atoms with Crippen LogP contribution < -0.4 is 21.0 Å². The molecule has 146 valence electrons. The molecule has 4 aromatic rings. The summed E-state index contributed by atoms with van der Waals surface area (Å²) in [5.41, 5.74) is 3.71. The Morgan fingerprint density at radius 1 is 1.14 bits per heavy atom. The van der Waals surface area contributed by atoms with Crippen molar-refractivity contribution in [2.75, 3.05) is 19.0 Å². The van der Waals surface area contributed by atoms with E-state index < -0.39 is 0 Å². The maximum absolute atomic E-state index is 13.0. The third-order valence-corrected chi connectivity index (χ3v) is 5.90. The predicted octanol–water partition coefficient (Wildman–Crippen LogP) is 3.36. The standard InChI is InChI=1S/C22H19BrN4OS/c1-14-19(12-15-4-10-18(11-5-15)26(2)3)21(28)27(25-14)22-24-20(13-29-22)16-6-8-17(23)9-7-16/h4-13,25H,1H2,2-3H3/b19-12+. The molecule has 0 unspecified atom stereocenters. The highest BCUT2D eigenvalue weighted by atomic mass is 79.9. The molecule has 2 aromatic carbocycles. The molecular weight excluding hydrogens is 448 g/mol. The lowest BCUT2D eigenvalue weighted by atomic mass is 10.1. The van der Waals surface area contributed by atoms with Crippen LogP contribution in [0.5, 0.6) is 0 Å². The number of aromatic nitrogens is 3. The maximum atomic E-state index is 13.0. The predicted molar refractivity (Wildman–Crippen MR) is 124 cm³/mol. The number of anilines is 1. The van der Waals surface area contributed by atoms with Gasteiger partial charge in [-0.15, -0.1) is 11.3 Å². The SMILES string of the molecule is C=c1[nH]n(-c2nc(-c3ccc(Br)cc3)cs2)c(=O)/c1=C/c1ccc(N(C)C)cc1. The molecule has 0 saturated carbocycles. The third kappa shape index (κ3) is 3.97. The third-order valence-electron chi connectivity index (χ3n) is 4.55. The Hall–Kier alpha value is -2.90. The van der Waals surface area contributed by atoms with Crippen LogP contribution in [-0.4, -0.2) is 28.9 Å². The lowest BCUT2D eigenvalue weighted by Crippen LogP contribution is -2.33. The molecule has 0 fully saturated rings. The molecule has 0 aliphatic carbocycles. The van der Waals surface area contributed by atoms with Crippen LogP contribution in [0.4, 0.5) is 5.69 Å². The monoisotopic (exact) mass is 466 g/mol. The highest BCUT2D eigenvalue weighted by molar-refractivity contribution is 9.10. The van der Waals surface area contributed by atoms with Crippen LogP contribution in [0.3, 0.4) is 0 Å². The van der Waals surface area contributed by atoms with Gasteiger partial charge in [0.1, 0.15) is 0 Å². The number of nitrogens with zero attached hydrogens (tertiary/aromatic N) is 3. The normalized spacial score (nSPS) is 11.8. The second kappa shape index (κ2) is 7.85. The summed E-state index contributed by atoms with van der Waals surface area (Å²) >= 11 is 4.85. The number of H-pyrrole nitrogens is 1. The van der Waals surface area contributed by atoms with Crippen LogP contribution in [0.2, 0.25) is 0 Å². The quantitative estimate of drug-likeness (QED) is 0.501. The first-order valence-corrected chi connectivity index (χ1v) is 10.6. The fourth-order valence-corrected chi connectivity index (χ4v) is 3.99. The number of rotatable bonds is 4. The van der Waals surface area contributed by atoms with Crippen molar-refractivity contribution >= 4 is 45.6 Å². The van der Waals surface area contributed by atoms with Crippen molar-refractivity contribution in [3.8, 4) is 16.4 Å². The Kier molecular flexibility index (Phi) is 5.25. The summed E-state index contributed by atoms with van der Waals surface area (Å²) in [7, 11) is 3.99. The fourth-order valence-electron chi connectivity index (χ4n) is 2.93. The first-order valence-electron chi connectivity index (χ1n) is 8.93. The molecule has 0 spiro atoms. The van der Waals surface area contributed by atoms with Gasteiger partial charge >= 0.3 is 0 Å². The highest BCUT2D eigenvalue weighted by Crippen LogP contribution is 2.24. The molecule has 29 heavy (non-hydrogen) atoms. The molecule has 0 saturated heterocycles. The van der Waals surface area contributed by atoms with Gasteiger partial charge in [0.25, 0.3) is 5.56 Å². The minimum atomic E-state index is -0.164. The van der Waals surface area contributed by atoms with Crippen molar-refractivity contribution in [2.45, 2.75) is 0 Å². The van der Waals surface area contributed by atoms with Crippen molar-refractivity contribution in [3.63, 3.8) is 0 Å². The van der Waals surface area contributed by atoms with E-state index in [1.54, 1.807) is 0 Å². The molecule has 0 bridgehead atoms. The van der Waals surface area contributed by atoms with Crippen molar-refractivity contribution in [2.24, 2.45) is 0 Å². The van der Waals surface area contributed by atoms with Gasteiger partial charge in [0, 0.05) is 35.2 Å². The van der Waals surface area contributed by atoms with Crippen molar-refractivity contribution < 1.29 is 0 Å². The smallest absolute Gasteiger partial charge is 0.281 e. The van der Waals surface area contributed by atoms with Gasteiger partial charge in [-0.05, 0) is 35.9 Å². The molecule has 0 aliphatic rings. The van der Waals surface area contributed by atoms with Gasteiger partial charge in [-0.1, -0.05) is 46.8 Å². The lowest BCUT2D eigenvalue weighted by Gasteiger charge is -2.11. The average molecular weight is 467 g/mol. The van der Waals surface area contributed by atoms with Crippen LogP contribution in [0.15, 0.2) is 63.2 Å². The maximum Gasteiger partial charge on any atom is 0.281 e. The van der Waals surface area contributed by atoms with Gasteiger partial charge in [0.2, 0.25) is 5.13 Å². The highest BCUT2D eigenvalue weighted by Gasteiger charge is 2.10. The summed E-state index contributed by atoms with van der Waals surface area (Å²) in [6.07, 6.45) is 1.85. The number of nitrogens with one attached hydrogen (secondary N) is 1. The van der Waals surface area contributed by atoms with E-state index >= 15 is 0 Å². The lowest BCUT2D eigenvalue weighted by molar-refractivity contribution is 0.830. The van der Waals surface area contributed by atoms with E-state index in [4.69, 9.17) is 0 Å². The Balaban J connectivity index is 1.72. The number of hydrogen-bond donors (Lipinski definition) is 1. The first-order chi connectivity index (χ1) is 13.9. The molecule has 4 rings (SSSR count). The topological polar surface area (TPSA) is 53.9 Å². The van der Waals surface area contributed by atoms with Gasteiger partial charge in [-0.2, -0.15) is 4.68 Å². The van der Waals surface area contributed by atoms with E-state index in [1.807, 2.05) is 79.0 Å². The van der Waals surface area contributed by atoms with Crippen LogP contribution >= 0.6 is 27.3 Å². The molecule has 7 heteroatoms. The molecule has 0 aliphatic heterocycles. The minimum Gasteiger partial charge on any atom is -0.378 e. The Bertz CT molecular complexity index is 1320. The van der Waals surface area contributed by atoms with Crippen molar-refractivity contribution in [1.82, 2.24) is 14.8 Å². The van der Waals surface area contributed by atoms with Crippen molar-refractivity contribution in [3.05, 3.63) is 84.9 Å². The molecule has 5 nitrogen and oxygen atoms in total. The summed E-state index contributed by atoms with van der Waals surface area (Å²) in [4.78, 5) is 19.6. The van der Waals surface area contributed by atoms with Gasteiger partial charge < -0.3 is 4.90 Å². The van der Waals surface area contributed by atoms with E-state index in [1.165, 1.54) is 16.0 Å². The molecule has 2 aromatic heterocycles. The van der Waals surface area contributed by atoms with E-state index in [9.17, 15) is 4.79 Å². The largest absolute Gasteiger partial charge is 0.378 e. The number of benzene rings is 2. The van der Waals surface area contributed by atoms with Crippen LogP contribution in [-0.2, 0) is 0 Å². The Morgan fingerprint density at radius 2 is 1.83 bits per heavy atom. The zero-order valence-corrected chi connectivity index (χ0v) is 18.4. The van der Waals surface area contributed by atoms with Gasteiger partial charge in [0.15, 0.2) is 0 Å². The summed E-state index contributed by atoms with van der Waals surface area (Å²) in [6.45, 7) is 4.00. The van der Waals surface area contributed by atoms with Crippen LogP contribution in [0.1, 0.15) is 5.56 Å². The zero-order chi connectivity index (χ0) is 20.5. The number of halogens is 1. The van der Waals surface area contributed by atoms with Gasteiger partial charge in [-0.25, -0.2) is 4.98 Å². The van der Waals surface area contributed by atoms with E-state index in [2.05, 4.69) is 32.6 Å². The number of thiazole rings is 1. The molecule has 0 amide bonds. The summed E-state index contributed by atoms with van der Waals surface area (Å²) < 4.78 is 2.47. The molecule has 0 radical (unpaired) electrons. The number of hydrogen-bond acceptors (Lipinski definition) is 4. The Morgan fingerprint density at radius 3 is 2.48 bits per heavy atom. The zero-order valence-electron chi connectivity index (χ0n) is 16.0.